The summed E-state index contributed by atoms with van der Waals surface area (Å²) in [6, 6.07) is 4.60. The third-order valence-electron chi connectivity index (χ3n) is 8.07. The van der Waals surface area contributed by atoms with Crippen molar-refractivity contribution in [3.8, 4) is 11.1 Å². The van der Waals surface area contributed by atoms with Crippen LogP contribution in [0.2, 0.25) is 0 Å². The number of hydrogen-bond acceptors (Lipinski definition) is 0. The summed E-state index contributed by atoms with van der Waals surface area (Å²) < 4.78 is 121. The van der Waals surface area contributed by atoms with Crippen molar-refractivity contribution in [2.24, 2.45) is 5.41 Å². The molecule has 0 bridgehead atoms. The number of hydrogen-bond donors (Lipinski definition) is 0. The minimum Gasteiger partial charge on any atom is -0.208 e. The van der Waals surface area contributed by atoms with Gasteiger partial charge in [0.25, 0.3) is 0 Å². The summed E-state index contributed by atoms with van der Waals surface area (Å²) in [6.45, 7) is 5.34. The normalized spacial score (nSPS) is 21.5. The Morgan fingerprint density at radius 2 is 1.23 bits per heavy atom. The average Bonchev–Trinajstić information content (AvgIpc) is 2.88. The van der Waals surface area contributed by atoms with E-state index >= 15 is 26.3 Å². The molecule has 0 radical (unpaired) electrons. The van der Waals surface area contributed by atoms with Gasteiger partial charge in [-0.15, -0.1) is 0 Å². The van der Waals surface area contributed by atoms with Crippen molar-refractivity contribution in [1.29, 1.82) is 0 Å². The number of unbranched alkanes of at least 4 members (excludes halogenated alkanes) is 2. The van der Waals surface area contributed by atoms with E-state index in [1.54, 1.807) is 13.8 Å². The first-order valence-electron chi connectivity index (χ1n) is 13.5. The van der Waals surface area contributed by atoms with Crippen molar-refractivity contribution in [3.63, 3.8) is 0 Å². The lowest BCUT2D eigenvalue weighted by Gasteiger charge is -2.36. The molecule has 0 nitrogen and oxygen atoms in total. The second kappa shape index (κ2) is 10.7. The molecule has 0 heterocycles. The first-order chi connectivity index (χ1) is 18.3. The molecule has 1 atom stereocenters. The van der Waals surface area contributed by atoms with Crippen LogP contribution in [0.15, 0.2) is 47.6 Å². The SMILES string of the molecule is CCCCCC1(C)CC=C(CCc2ccc3c(c2F)C(F)(F)C(F)(F)c2c-3ccc(CCC)c2F)C(F)=C1F. The minimum absolute atomic E-state index is 0.00875. The maximum absolute atomic E-state index is 15.5. The van der Waals surface area contributed by atoms with Crippen LogP contribution in [0.25, 0.3) is 11.1 Å². The Bertz CT molecular complexity index is 1320. The van der Waals surface area contributed by atoms with Crippen LogP contribution in [0.1, 0.15) is 88.0 Å². The Labute approximate surface area is 223 Å². The fourth-order valence-electron chi connectivity index (χ4n) is 5.66. The highest BCUT2D eigenvalue weighted by atomic mass is 19.3. The molecule has 2 aliphatic carbocycles. The van der Waals surface area contributed by atoms with Crippen molar-refractivity contribution in [1.82, 2.24) is 0 Å². The Kier molecular flexibility index (Phi) is 8.08. The van der Waals surface area contributed by atoms with Gasteiger partial charge in [0.1, 0.15) is 17.5 Å². The predicted molar refractivity (Wildman–Crippen MR) is 136 cm³/mol. The molecule has 0 N–H and O–H groups in total. The van der Waals surface area contributed by atoms with Gasteiger partial charge in [-0.1, -0.05) is 76.8 Å². The highest BCUT2D eigenvalue weighted by Crippen LogP contribution is 2.59. The van der Waals surface area contributed by atoms with Gasteiger partial charge in [-0.05, 0) is 59.9 Å². The Morgan fingerprint density at radius 1 is 0.692 bits per heavy atom. The highest BCUT2D eigenvalue weighted by molar-refractivity contribution is 5.77. The van der Waals surface area contributed by atoms with Gasteiger partial charge in [-0.2, -0.15) is 17.6 Å². The lowest BCUT2D eigenvalue weighted by molar-refractivity contribution is -0.227. The van der Waals surface area contributed by atoms with E-state index in [0.717, 1.165) is 37.5 Å². The zero-order valence-corrected chi connectivity index (χ0v) is 22.3. The number of halogens is 8. The molecule has 39 heavy (non-hydrogen) atoms. The third kappa shape index (κ3) is 4.82. The van der Waals surface area contributed by atoms with Crippen LogP contribution in [-0.4, -0.2) is 0 Å². The fourth-order valence-corrected chi connectivity index (χ4v) is 5.66. The molecule has 2 aliphatic rings. The van der Waals surface area contributed by atoms with Crippen molar-refractivity contribution < 1.29 is 35.1 Å². The summed E-state index contributed by atoms with van der Waals surface area (Å²) in [7, 11) is 0. The van der Waals surface area contributed by atoms with E-state index in [1.165, 1.54) is 12.1 Å². The van der Waals surface area contributed by atoms with Crippen molar-refractivity contribution in [2.75, 3.05) is 0 Å². The standard InChI is InChI=1S/C31H32F8/c1-4-6-7-16-29(3)17-15-20(27(34)28(29)35)10-9-19-12-14-22-21-13-11-18(8-5-2)25(32)23(21)30(36,37)31(38,39)24(22)26(19)33/h11-15H,4-10,16-17H2,1-3H3. The van der Waals surface area contributed by atoms with Gasteiger partial charge < -0.3 is 0 Å². The monoisotopic (exact) mass is 556 g/mol. The zero-order chi connectivity index (χ0) is 28.8. The van der Waals surface area contributed by atoms with Crippen LogP contribution < -0.4 is 0 Å². The van der Waals surface area contributed by atoms with E-state index in [2.05, 4.69) is 0 Å². The quantitative estimate of drug-likeness (QED) is 0.213. The molecular formula is C31H32F8. The molecule has 0 amide bonds. The van der Waals surface area contributed by atoms with Crippen LogP contribution >= 0.6 is 0 Å². The first kappa shape index (κ1) is 29.3. The van der Waals surface area contributed by atoms with E-state index < -0.39 is 62.8 Å². The number of allylic oxidation sites excluding steroid dienone is 4. The highest BCUT2D eigenvalue weighted by Gasteiger charge is 2.65. The molecule has 2 aromatic rings. The van der Waals surface area contributed by atoms with Gasteiger partial charge in [0.15, 0.2) is 5.83 Å². The molecule has 1 unspecified atom stereocenters. The molecule has 8 heteroatoms. The largest absolute Gasteiger partial charge is 0.343 e. The molecule has 0 aromatic heterocycles. The van der Waals surface area contributed by atoms with Crippen LogP contribution in [0.3, 0.4) is 0 Å². The van der Waals surface area contributed by atoms with Crippen LogP contribution in [-0.2, 0) is 24.7 Å². The van der Waals surface area contributed by atoms with Crippen LogP contribution in [0, 0.1) is 17.0 Å². The predicted octanol–water partition coefficient (Wildman–Crippen LogP) is 10.8. The van der Waals surface area contributed by atoms with E-state index in [1.807, 2.05) is 6.92 Å². The van der Waals surface area contributed by atoms with E-state index in [4.69, 9.17) is 0 Å². The number of rotatable bonds is 9. The summed E-state index contributed by atoms with van der Waals surface area (Å²) in [4.78, 5) is 0. The topological polar surface area (TPSA) is 0 Å². The number of fused-ring (bicyclic) bond motifs is 3. The molecule has 0 saturated carbocycles. The second-order valence-corrected chi connectivity index (χ2v) is 10.9. The van der Waals surface area contributed by atoms with Gasteiger partial charge in [0.2, 0.25) is 0 Å². The number of alkyl halides is 4. The van der Waals surface area contributed by atoms with Crippen molar-refractivity contribution >= 4 is 0 Å². The van der Waals surface area contributed by atoms with E-state index in [0.29, 0.717) is 12.8 Å². The van der Waals surface area contributed by atoms with Crippen LogP contribution in [0.4, 0.5) is 35.1 Å². The van der Waals surface area contributed by atoms with E-state index in [9.17, 15) is 8.78 Å². The van der Waals surface area contributed by atoms with Gasteiger partial charge in [-0.25, -0.2) is 17.6 Å². The fraction of sp³-hybridized carbons (Fsp3) is 0.484. The van der Waals surface area contributed by atoms with Crippen molar-refractivity contribution in [3.05, 3.63) is 81.5 Å². The van der Waals surface area contributed by atoms with Crippen molar-refractivity contribution in [2.45, 2.75) is 90.4 Å². The molecule has 4 rings (SSSR count). The maximum Gasteiger partial charge on any atom is 0.343 e. The molecule has 2 aromatic carbocycles. The first-order valence-corrected chi connectivity index (χ1v) is 13.5. The second-order valence-electron chi connectivity index (χ2n) is 10.9. The lowest BCUT2D eigenvalue weighted by atomic mass is 9.75. The van der Waals surface area contributed by atoms with Gasteiger partial charge in [0.05, 0.1) is 11.1 Å². The summed E-state index contributed by atoms with van der Waals surface area (Å²) in [6.07, 6.45) is 4.80. The smallest absolute Gasteiger partial charge is 0.208 e. The molecule has 0 fully saturated rings. The summed E-state index contributed by atoms with van der Waals surface area (Å²) in [5.74, 6) is -14.9. The summed E-state index contributed by atoms with van der Waals surface area (Å²) >= 11 is 0. The number of aryl methyl sites for hydroxylation is 2. The average molecular weight is 557 g/mol. The molecule has 0 spiro atoms. The lowest BCUT2D eigenvalue weighted by Crippen LogP contribution is -2.41. The Balaban J connectivity index is 1.67. The van der Waals surface area contributed by atoms with Crippen LogP contribution in [0.5, 0.6) is 0 Å². The maximum atomic E-state index is 15.5. The Morgan fingerprint density at radius 3 is 1.74 bits per heavy atom. The van der Waals surface area contributed by atoms with Gasteiger partial charge in [0, 0.05) is 5.41 Å². The summed E-state index contributed by atoms with van der Waals surface area (Å²) in [5, 5.41) is 0. The van der Waals surface area contributed by atoms with Gasteiger partial charge in [-0.3, -0.25) is 0 Å². The minimum atomic E-state index is -5.03. The molecule has 0 saturated heterocycles. The molecular weight excluding hydrogens is 524 g/mol. The Hall–Kier alpha value is -2.64. The third-order valence-corrected chi connectivity index (χ3v) is 8.07. The van der Waals surface area contributed by atoms with Gasteiger partial charge >= 0.3 is 11.8 Å². The molecule has 212 valence electrons. The summed E-state index contributed by atoms with van der Waals surface area (Å²) in [5.41, 5.74) is -5.38. The number of benzene rings is 2. The van der Waals surface area contributed by atoms with E-state index in [-0.39, 0.29) is 42.4 Å². The zero-order valence-electron chi connectivity index (χ0n) is 22.3. The molecule has 0 aliphatic heterocycles.